The summed E-state index contributed by atoms with van der Waals surface area (Å²) in [5, 5.41) is 13.9. The third kappa shape index (κ3) is 3.88. The zero-order valence-electron chi connectivity index (χ0n) is 10.4. The highest BCUT2D eigenvalue weighted by atomic mass is 35.5. The number of thiophene rings is 1. The second-order valence-electron chi connectivity index (χ2n) is 4.02. The van der Waals surface area contributed by atoms with Crippen molar-refractivity contribution in [2.24, 2.45) is 0 Å². The van der Waals surface area contributed by atoms with E-state index in [1.165, 1.54) is 11.3 Å². The smallest absolute Gasteiger partial charge is 0.174 e. The van der Waals surface area contributed by atoms with Gasteiger partial charge in [0.25, 0.3) is 0 Å². The number of ether oxygens (including phenoxy) is 1. The molecule has 0 aliphatic rings. The Hall–Kier alpha value is -1.70. The number of hydrogen-bond donors (Lipinski definition) is 1. The topological polar surface area (TPSA) is 45.0 Å². The van der Waals surface area contributed by atoms with Gasteiger partial charge in [0, 0.05) is 17.8 Å². The van der Waals surface area contributed by atoms with E-state index in [1.54, 1.807) is 0 Å². The Kier molecular flexibility index (Phi) is 4.67. The summed E-state index contributed by atoms with van der Waals surface area (Å²) in [6.07, 6.45) is 0. The van der Waals surface area contributed by atoms with Gasteiger partial charge in [-0.3, -0.25) is 0 Å². The summed E-state index contributed by atoms with van der Waals surface area (Å²) < 4.78 is 6.05. The van der Waals surface area contributed by atoms with Crippen LogP contribution in [0.25, 0.3) is 0 Å². The van der Waals surface area contributed by atoms with Crippen molar-refractivity contribution in [1.82, 2.24) is 0 Å². The fourth-order valence-electron chi connectivity index (χ4n) is 1.68. The van der Waals surface area contributed by atoms with Gasteiger partial charge in [-0.25, -0.2) is 0 Å². The maximum Gasteiger partial charge on any atom is 0.174 e. The fraction of sp³-hybridized carbons (Fsp3) is 0.214. The predicted octanol–water partition coefficient (Wildman–Crippen LogP) is 4.48. The van der Waals surface area contributed by atoms with Crippen LogP contribution in [0.2, 0.25) is 4.34 Å². The van der Waals surface area contributed by atoms with Crippen LogP contribution in [0.4, 0.5) is 5.69 Å². The molecule has 0 radical (unpaired) electrons. The van der Waals surface area contributed by atoms with Crippen molar-refractivity contribution in [2.75, 3.05) is 11.9 Å². The molecular weight excluding hydrogens is 280 g/mol. The van der Waals surface area contributed by atoms with Crippen LogP contribution in [-0.4, -0.2) is 6.61 Å². The first kappa shape index (κ1) is 13.7. The van der Waals surface area contributed by atoms with Crippen LogP contribution in [-0.2, 0) is 0 Å². The van der Waals surface area contributed by atoms with Crippen molar-refractivity contribution in [3.05, 3.63) is 45.6 Å². The molecule has 1 aromatic heterocycles. The van der Waals surface area contributed by atoms with Gasteiger partial charge in [0.2, 0.25) is 0 Å². The molecule has 0 saturated carbocycles. The summed E-state index contributed by atoms with van der Waals surface area (Å²) in [6, 6.07) is 11.6. The van der Waals surface area contributed by atoms with E-state index in [0.717, 1.165) is 15.6 Å². The SMILES string of the molecule is CC(Nc1cccc(OCC#N)c1)c1csc(Cl)c1. The summed E-state index contributed by atoms with van der Waals surface area (Å²) in [5.41, 5.74) is 2.10. The van der Waals surface area contributed by atoms with Crippen molar-refractivity contribution in [1.29, 1.82) is 5.26 Å². The molecule has 2 aromatic rings. The standard InChI is InChI=1S/C14H13ClN2OS/c1-10(11-7-14(15)19-9-11)17-12-3-2-4-13(8-12)18-6-5-16/h2-4,7-10,17H,6H2,1H3. The second kappa shape index (κ2) is 6.46. The summed E-state index contributed by atoms with van der Waals surface area (Å²) >= 11 is 7.45. The minimum Gasteiger partial charge on any atom is -0.479 e. The molecule has 0 aliphatic heterocycles. The number of anilines is 1. The predicted molar refractivity (Wildman–Crippen MR) is 78.9 cm³/mol. The molecule has 1 atom stereocenters. The summed E-state index contributed by atoms with van der Waals surface area (Å²) in [7, 11) is 0. The van der Waals surface area contributed by atoms with Gasteiger partial charge in [0.1, 0.15) is 11.8 Å². The molecule has 2 rings (SSSR count). The Labute approximate surface area is 121 Å². The first-order valence-electron chi connectivity index (χ1n) is 5.79. The second-order valence-corrected chi connectivity index (χ2v) is 5.57. The van der Waals surface area contributed by atoms with Crippen LogP contribution in [0, 0.1) is 11.3 Å². The number of halogens is 1. The Bertz CT molecular complexity index is 591. The molecule has 1 aromatic carbocycles. The van der Waals surface area contributed by atoms with E-state index in [9.17, 15) is 0 Å². The van der Waals surface area contributed by atoms with E-state index in [4.69, 9.17) is 21.6 Å². The van der Waals surface area contributed by atoms with Crippen molar-refractivity contribution in [3.8, 4) is 11.8 Å². The van der Waals surface area contributed by atoms with Crippen LogP contribution >= 0.6 is 22.9 Å². The number of rotatable bonds is 5. The lowest BCUT2D eigenvalue weighted by Crippen LogP contribution is -2.05. The lowest BCUT2D eigenvalue weighted by molar-refractivity contribution is 0.368. The molecule has 1 heterocycles. The van der Waals surface area contributed by atoms with Gasteiger partial charge in [0.05, 0.1) is 4.34 Å². The molecule has 1 N–H and O–H groups in total. The fourth-order valence-corrected chi connectivity index (χ4v) is 2.66. The molecule has 5 heteroatoms. The minimum absolute atomic E-state index is 0.0547. The van der Waals surface area contributed by atoms with Crippen LogP contribution < -0.4 is 10.1 Å². The first-order chi connectivity index (χ1) is 9.19. The monoisotopic (exact) mass is 292 g/mol. The number of benzene rings is 1. The largest absolute Gasteiger partial charge is 0.479 e. The van der Waals surface area contributed by atoms with Crippen LogP contribution in [0.3, 0.4) is 0 Å². The van der Waals surface area contributed by atoms with Gasteiger partial charge >= 0.3 is 0 Å². The van der Waals surface area contributed by atoms with Gasteiger partial charge in [-0.2, -0.15) is 5.26 Å². The highest BCUT2D eigenvalue weighted by Crippen LogP contribution is 2.28. The molecule has 0 bridgehead atoms. The molecule has 0 amide bonds. The van der Waals surface area contributed by atoms with Crippen molar-refractivity contribution in [3.63, 3.8) is 0 Å². The van der Waals surface area contributed by atoms with Gasteiger partial charge in [-0.15, -0.1) is 11.3 Å². The Morgan fingerprint density at radius 2 is 2.32 bits per heavy atom. The molecule has 0 saturated heterocycles. The average Bonchev–Trinajstić information content (AvgIpc) is 2.83. The lowest BCUT2D eigenvalue weighted by Gasteiger charge is -2.14. The molecule has 0 fully saturated rings. The summed E-state index contributed by atoms with van der Waals surface area (Å²) in [4.78, 5) is 0. The normalized spacial score (nSPS) is 11.6. The van der Waals surface area contributed by atoms with E-state index < -0.39 is 0 Å². The van der Waals surface area contributed by atoms with Crippen molar-refractivity contribution in [2.45, 2.75) is 13.0 Å². The molecule has 98 valence electrons. The first-order valence-corrected chi connectivity index (χ1v) is 7.05. The van der Waals surface area contributed by atoms with Gasteiger partial charge in [0.15, 0.2) is 6.61 Å². The minimum atomic E-state index is 0.0547. The maximum absolute atomic E-state index is 8.49. The Balaban J connectivity index is 2.04. The Morgan fingerprint density at radius 3 is 3.00 bits per heavy atom. The molecule has 0 aliphatic carbocycles. The van der Waals surface area contributed by atoms with Crippen LogP contribution in [0.1, 0.15) is 18.5 Å². The zero-order chi connectivity index (χ0) is 13.7. The van der Waals surface area contributed by atoms with Crippen molar-refractivity contribution < 1.29 is 4.74 Å². The average molecular weight is 293 g/mol. The van der Waals surface area contributed by atoms with E-state index in [2.05, 4.69) is 12.2 Å². The summed E-state index contributed by atoms with van der Waals surface area (Å²) in [6.45, 7) is 2.13. The highest BCUT2D eigenvalue weighted by molar-refractivity contribution is 7.14. The van der Waals surface area contributed by atoms with E-state index >= 15 is 0 Å². The number of nitriles is 1. The van der Waals surface area contributed by atoms with E-state index in [1.807, 2.05) is 41.8 Å². The molecular formula is C14H13ClN2OS. The van der Waals surface area contributed by atoms with E-state index in [0.29, 0.717) is 5.75 Å². The number of nitrogens with one attached hydrogen (secondary N) is 1. The van der Waals surface area contributed by atoms with E-state index in [-0.39, 0.29) is 12.6 Å². The maximum atomic E-state index is 8.49. The highest BCUT2D eigenvalue weighted by Gasteiger charge is 2.08. The van der Waals surface area contributed by atoms with Crippen LogP contribution in [0.5, 0.6) is 5.75 Å². The third-order valence-corrected chi connectivity index (χ3v) is 3.72. The third-order valence-electron chi connectivity index (χ3n) is 2.61. The lowest BCUT2D eigenvalue weighted by atomic mass is 10.1. The molecule has 19 heavy (non-hydrogen) atoms. The summed E-state index contributed by atoms with van der Waals surface area (Å²) in [5.74, 6) is 0.683. The molecule has 3 nitrogen and oxygen atoms in total. The molecule has 0 spiro atoms. The molecule has 1 unspecified atom stereocenters. The van der Waals surface area contributed by atoms with Crippen LogP contribution in [0.15, 0.2) is 35.7 Å². The van der Waals surface area contributed by atoms with Gasteiger partial charge < -0.3 is 10.1 Å². The quantitative estimate of drug-likeness (QED) is 0.884. The number of hydrogen-bond acceptors (Lipinski definition) is 4. The number of nitrogens with zero attached hydrogens (tertiary/aromatic N) is 1. The van der Waals surface area contributed by atoms with Crippen molar-refractivity contribution >= 4 is 28.6 Å². The Morgan fingerprint density at radius 1 is 1.47 bits per heavy atom. The van der Waals surface area contributed by atoms with Gasteiger partial charge in [-0.1, -0.05) is 17.7 Å². The van der Waals surface area contributed by atoms with Gasteiger partial charge in [-0.05, 0) is 36.1 Å². The zero-order valence-corrected chi connectivity index (χ0v) is 12.0.